The monoisotopic (exact) mass is 242 g/mol. The summed E-state index contributed by atoms with van der Waals surface area (Å²) >= 11 is 0. The highest BCUT2D eigenvalue weighted by molar-refractivity contribution is 6.07. The van der Waals surface area contributed by atoms with E-state index in [-0.39, 0.29) is 0 Å². The zero-order chi connectivity index (χ0) is 12.8. The minimum absolute atomic E-state index is 0.318. The zero-order valence-corrected chi connectivity index (χ0v) is 9.33. The summed E-state index contributed by atoms with van der Waals surface area (Å²) in [6, 6.07) is 5.92. The number of hydrogen-bond acceptors (Lipinski definition) is 4. The van der Waals surface area contributed by atoms with Gasteiger partial charge in [0.15, 0.2) is 0 Å². The third-order valence-electron chi connectivity index (χ3n) is 2.07. The van der Waals surface area contributed by atoms with Gasteiger partial charge in [-0.15, -0.1) is 0 Å². The van der Waals surface area contributed by atoms with Crippen LogP contribution in [0, 0.1) is 0 Å². The fraction of sp³-hybridized carbons (Fsp3) is 0. The summed E-state index contributed by atoms with van der Waals surface area (Å²) in [5.74, 6) is -0.510. The van der Waals surface area contributed by atoms with Gasteiger partial charge in [-0.1, -0.05) is 0 Å². The summed E-state index contributed by atoms with van der Waals surface area (Å²) < 4.78 is 0. The van der Waals surface area contributed by atoms with Gasteiger partial charge in [0.05, 0.1) is 17.4 Å². The van der Waals surface area contributed by atoms with E-state index >= 15 is 0 Å². The number of carbonyl (C=O) groups excluding carboxylic acids is 2. The average molecular weight is 242 g/mol. The van der Waals surface area contributed by atoms with Gasteiger partial charge in [-0.2, -0.15) is 0 Å². The quantitative estimate of drug-likeness (QED) is 0.834. The summed E-state index contributed by atoms with van der Waals surface area (Å²) in [7, 11) is 0. The van der Waals surface area contributed by atoms with Gasteiger partial charge in [0, 0.05) is 18.6 Å². The number of imide groups is 1. The Morgan fingerprint density at radius 1 is 1.00 bits per heavy atom. The summed E-state index contributed by atoms with van der Waals surface area (Å²) in [5.41, 5.74) is 0.827. The lowest BCUT2D eigenvalue weighted by Crippen LogP contribution is -2.34. The van der Waals surface area contributed by atoms with Crippen molar-refractivity contribution in [3.05, 3.63) is 54.6 Å². The van der Waals surface area contributed by atoms with Gasteiger partial charge in [0.25, 0.3) is 5.91 Å². The largest absolute Gasteiger partial charge is 0.326 e. The van der Waals surface area contributed by atoms with Crippen LogP contribution < -0.4 is 10.6 Å². The molecule has 6 nitrogen and oxygen atoms in total. The van der Waals surface area contributed by atoms with Gasteiger partial charge < -0.3 is 5.32 Å². The normalized spacial score (nSPS) is 9.56. The Morgan fingerprint density at radius 3 is 2.33 bits per heavy atom. The van der Waals surface area contributed by atoms with Gasteiger partial charge in [0.1, 0.15) is 0 Å². The molecule has 2 aromatic rings. The maximum Gasteiger partial charge on any atom is 0.326 e. The SMILES string of the molecule is O=C(NC(=O)c1cccnc1)Nc1cccnc1. The molecule has 2 N–H and O–H groups in total. The number of anilines is 1. The van der Waals surface area contributed by atoms with Crippen LogP contribution in [-0.4, -0.2) is 21.9 Å². The fourth-order valence-corrected chi connectivity index (χ4v) is 1.27. The number of urea groups is 1. The molecule has 2 rings (SSSR count). The van der Waals surface area contributed by atoms with Crippen LogP contribution in [0.15, 0.2) is 49.1 Å². The van der Waals surface area contributed by atoms with Gasteiger partial charge in [-0.25, -0.2) is 4.79 Å². The Balaban J connectivity index is 1.94. The minimum atomic E-state index is -0.614. The van der Waals surface area contributed by atoms with Gasteiger partial charge in [-0.3, -0.25) is 20.1 Å². The van der Waals surface area contributed by atoms with E-state index in [9.17, 15) is 9.59 Å². The molecule has 0 bridgehead atoms. The maximum absolute atomic E-state index is 11.6. The molecule has 90 valence electrons. The Labute approximate surface area is 103 Å². The minimum Gasteiger partial charge on any atom is -0.306 e. The van der Waals surface area contributed by atoms with E-state index < -0.39 is 11.9 Å². The lowest BCUT2D eigenvalue weighted by molar-refractivity contribution is 0.0967. The van der Waals surface area contributed by atoms with Crippen LogP contribution in [0.5, 0.6) is 0 Å². The number of aromatic nitrogens is 2. The van der Waals surface area contributed by atoms with Crippen molar-refractivity contribution in [2.24, 2.45) is 0 Å². The molecule has 0 aliphatic heterocycles. The molecule has 0 spiro atoms. The molecule has 0 saturated carbocycles. The van der Waals surface area contributed by atoms with E-state index in [1.165, 1.54) is 12.4 Å². The standard InChI is InChI=1S/C12H10N4O2/c17-11(9-3-1-5-13-7-9)16-12(18)15-10-4-2-6-14-8-10/h1-8H,(H2,15,16,17,18). The molecular weight excluding hydrogens is 232 g/mol. The summed E-state index contributed by atoms with van der Waals surface area (Å²) in [5, 5.41) is 4.68. The van der Waals surface area contributed by atoms with E-state index in [4.69, 9.17) is 0 Å². The molecule has 0 saturated heterocycles. The summed E-state index contributed by atoms with van der Waals surface area (Å²) in [6.07, 6.45) is 6.00. The third-order valence-corrected chi connectivity index (χ3v) is 2.07. The van der Waals surface area contributed by atoms with E-state index in [0.717, 1.165) is 0 Å². The smallest absolute Gasteiger partial charge is 0.306 e. The average Bonchev–Trinajstić information content (AvgIpc) is 2.40. The van der Waals surface area contributed by atoms with Crippen molar-refractivity contribution in [2.75, 3.05) is 5.32 Å². The molecule has 6 heteroatoms. The Kier molecular flexibility index (Phi) is 3.60. The molecule has 0 aromatic carbocycles. The summed E-state index contributed by atoms with van der Waals surface area (Å²) in [6.45, 7) is 0. The molecule has 2 heterocycles. The van der Waals surface area contributed by atoms with E-state index in [0.29, 0.717) is 11.3 Å². The van der Waals surface area contributed by atoms with Crippen molar-refractivity contribution >= 4 is 17.6 Å². The molecule has 0 unspecified atom stereocenters. The molecule has 2 aromatic heterocycles. The van der Waals surface area contributed by atoms with Gasteiger partial charge in [-0.05, 0) is 24.3 Å². The number of pyridine rings is 2. The van der Waals surface area contributed by atoms with Crippen LogP contribution in [0.2, 0.25) is 0 Å². The number of rotatable bonds is 2. The molecule has 0 aliphatic rings. The van der Waals surface area contributed by atoms with Crippen molar-refractivity contribution in [2.45, 2.75) is 0 Å². The van der Waals surface area contributed by atoms with Crippen molar-refractivity contribution in [1.82, 2.24) is 15.3 Å². The first-order chi connectivity index (χ1) is 8.75. The molecular formula is C12H10N4O2. The highest BCUT2D eigenvalue weighted by atomic mass is 16.2. The predicted octanol–water partition coefficient (Wildman–Crippen LogP) is 1.44. The van der Waals surface area contributed by atoms with Crippen molar-refractivity contribution in [1.29, 1.82) is 0 Å². The molecule has 0 atom stereocenters. The second-order valence-corrected chi connectivity index (χ2v) is 3.39. The third kappa shape index (κ3) is 3.11. The molecule has 18 heavy (non-hydrogen) atoms. The number of hydrogen-bond donors (Lipinski definition) is 2. The number of nitrogens with one attached hydrogen (secondary N) is 2. The van der Waals surface area contributed by atoms with Crippen LogP contribution in [0.25, 0.3) is 0 Å². The maximum atomic E-state index is 11.6. The van der Waals surface area contributed by atoms with Gasteiger partial charge >= 0.3 is 6.03 Å². The Morgan fingerprint density at radius 2 is 1.72 bits per heavy atom. The second kappa shape index (κ2) is 5.53. The highest BCUT2D eigenvalue weighted by Gasteiger charge is 2.09. The Bertz CT molecular complexity index is 543. The Hall–Kier alpha value is -2.76. The van der Waals surface area contributed by atoms with E-state index in [2.05, 4.69) is 20.6 Å². The second-order valence-electron chi connectivity index (χ2n) is 3.39. The van der Waals surface area contributed by atoms with Crippen molar-refractivity contribution in [3.8, 4) is 0 Å². The van der Waals surface area contributed by atoms with Crippen LogP contribution in [0.4, 0.5) is 10.5 Å². The fourth-order valence-electron chi connectivity index (χ4n) is 1.27. The van der Waals surface area contributed by atoms with Crippen LogP contribution in [-0.2, 0) is 0 Å². The van der Waals surface area contributed by atoms with Crippen molar-refractivity contribution in [3.63, 3.8) is 0 Å². The molecule has 0 radical (unpaired) electrons. The van der Waals surface area contributed by atoms with Crippen LogP contribution in [0.3, 0.4) is 0 Å². The first-order valence-electron chi connectivity index (χ1n) is 5.18. The number of amides is 3. The summed E-state index contributed by atoms with van der Waals surface area (Å²) in [4.78, 5) is 30.8. The highest BCUT2D eigenvalue weighted by Crippen LogP contribution is 2.02. The lowest BCUT2D eigenvalue weighted by Gasteiger charge is -2.05. The van der Waals surface area contributed by atoms with E-state index in [1.54, 1.807) is 36.7 Å². The lowest BCUT2D eigenvalue weighted by atomic mass is 10.3. The first-order valence-corrected chi connectivity index (χ1v) is 5.18. The zero-order valence-electron chi connectivity index (χ0n) is 9.33. The molecule has 0 aliphatic carbocycles. The molecule has 3 amide bonds. The topological polar surface area (TPSA) is 84.0 Å². The van der Waals surface area contributed by atoms with Crippen LogP contribution >= 0.6 is 0 Å². The predicted molar refractivity (Wildman–Crippen MR) is 65.0 cm³/mol. The van der Waals surface area contributed by atoms with Crippen LogP contribution in [0.1, 0.15) is 10.4 Å². The number of nitrogens with zero attached hydrogens (tertiary/aromatic N) is 2. The molecule has 0 fully saturated rings. The van der Waals surface area contributed by atoms with Gasteiger partial charge in [0.2, 0.25) is 0 Å². The number of carbonyl (C=O) groups is 2. The first kappa shape index (κ1) is 11.7. The van der Waals surface area contributed by atoms with Crippen molar-refractivity contribution < 1.29 is 9.59 Å². The van der Waals surface area contributed by atoms with E-state index in [1.807, 2.05) is 0 Å².